The highest BCUT2D eigenvalue weighted by atomic mass is 32.2. The van der Waals surface area contributed by atoms with Crippen LogP contribution in [-0.2, 0) is 5.75 Å². The van der Waals surface area contributed by atoms with Crippen LogP contribution in [-0.4, -0.2) is 23.8 Å². The molecule has 0 fully saturated rings. The number of nitriles is 1. The molecule has 0 saturated carbocycles. The number of pyridine rings is 1. The maximum absolute atomic E-state index is 12.4. The fraction of sp³-hybridized carbons (Fsp3) is 0.167. The summed E-state index contributed by atoms with van der Waals surface area (Å²) in [4.78, 5) is 28.5. The minimum absolute atomic E-state index is 0.110. The van der Waals surface area contributed by atoms with Gasteiger partial charge in [-0.1, -0.05) is 12.1 Å². The summed E-state index contributed by atoms with van der Waals surface area (Å²) in [5.41, 5.74) is 3.68. The fourth-order valence-corrected chi connectivity index (χ4v) is 3.87. The summed E-state index contributed by atoms with van der Waals surface area (Å²) >= 11 is 1.42. The SMILES string of the molecule is COc1ccc(NC(=O)c2ccc(CSc3nc(C)c(C(C)=O)cc3C#N)cc2)cc1. The van der Waals surface area contributed by atoms with Crippen LogP contribution in [0, 0.1) is 18.3 Å². The molecule has 156 valence electrons. The van der Waals surface area contributed by atoms with Crippen molar-refractivity contribution in [1.29, 1.82) is 5.26 Å². The topological polar surface area (TPSA) is 92.1 Å². The average Bonchev–Trinajstić information content (AvgIpc) is 2.78. The fourth-order valence-electron chi connectivity index (χ4n) is 2.91. The predicted octanol–water partition coefficient (Wildman–Crippen LogP) is 5.02. The first kappa shape index (κ1) is 22.1. The third-order valence-corrected chi connectivity index (χ3v) is 5.68. The Morgan fingerprint density at radius 1 is 1.13 bits per heavy atom. The Morgan fingerprint density at radius 3 is 2.39 bits per heavy atom. The van der Waals surface area contributed by atoms with Crippen molar-refractivity contribution in [2.24, 2.45) is 0 Å². The molecule has 0 aliphatic rings. The maximum atomic E-state index is 12.4. The summed E-state index contributed by atoms with van der Waals surface area (Å²) in [6.45, 7) is 3.22. The molecule has 7 heteroatoms. The monoisotopic (exact) mass is 431 g/mol. The van der Waals surface area contributed by atoms with Crippen LogP contribution >= 0.6 is 11.8 Å². The molecular formula is C24H21N3O3S. The highest BCUT2D eigenvalue weighted by molar-refractivity contribution is 7.98. The second-order valence-electron chi connectivity index (χ2n) is 6.81. The van der Waals surface area contributed by atoms with Crippen molar-refractivity contribution in [2.75, 3.05) is 12.4 Å². The van der Waals surface area contributed by atoms with E-state index in [2.05, 4.69) is 16.4 Å². The van der Waals surface area contributed by atoms with Gasteiger partial charge >= 0.3 is 0 Å². The van der Waals surface area contributed by atoms with Gasteiger partial charge in [-0.2, -0.15) is 5.26 Å². The average molecular weight is 432 g/mol. The predicted molar refractivity (Wildman–Crippen MR) is 121 cm³/mol. The molecule has 0 aliphatic heterocycles. The molecule has 1 heterocycles. The zero-order chi connectivity index (χ0) is 22.4. The number of Topliss-reactive ketones (excluding diaryl/α,β-unsaturated/α-hetero) is 1. The lowest BCUT2D eigenvalue weighted by molar-refractivity contribution is 0.101. The quantitative estimate of drug-likeness (QED) is 0.417. The molecule has 0 saturated heterocycles. The molecule has 2 aromatic carbocycles. The number of aryl methyl sites for hydroxylation is 1. The highest BCUT2D eigenvalue weighted by Gasteiger charge is 2.13. The molecule has 6 nitrogen and oxygen atoms in total. The molecule has 1 amide bonds. The Morgan fingerprint density at radius 2 is 1.81 bits per heavy atom. The van der Waals surface area contributed by atoms with E-state index in [1.807, 2.05) is 12.1 Å². The van der Waals surface area contributed by atoms with E-state index in [-0.39, 0.29) is 11.7 Å². The first-order valence-electron chi connectivity index (χ1n) is 9.51. The van der Waals surface area contributed by atoms with Crippen LogP contribution in [0.25, 0.3) is 0 Å². The van der Waals surface area contributed by atoms with Gasteiger partial charge in [0.2, 0.25) is 0 Å². The van der Waals surface area contributed by atoms with Crippen LogP contribution in [0.3, 0.4) is 0 Å². The smallest absolute Gasteiger partial charge is 0.255 e. The van der Waals surface area contributed by atoms with Crippen LogP contribution in [0.4, 0.5) is 5.69 Å². The number of rotatable bonds is 7. The van der Waals surface area contributed by atoms with Crippen LogP contribution in [0.5, 0.6) is 5.75 Å². The number of carbonyl (C=O) groups is 2. The van der Waals surface area contributed by atoms with Gasteiger partial charge in [-0.15, -0.1) is 11.8 Å². The Hall–Kier alpha value is -3.63. The molecule has 0 atom stereocenters. The third kappa shape index (κ3) is 5.50. The molecule has 0 spiro atoms. The van der Waals surface area contributed by atoms with E-state index in [1.165, 1.54) is 18.7 Å². The molecule has 0 radical (unpaired) electrons. The summed E-state index contributed by atoms with van der Waals surface area (Å²) < 4.78 is 5.11. The van der Waals surface area contributed by atoms with Gasteiger partial charge in [-0.05, 0) is 61.9 Å². The molecule has 1 aromatic heterocycles. The van der Waals surface area contributed by atoms with E-state index < -0.39 is 0 Å². The van der Waals surface area contributed by atoms with Crippen molar-refractivity contribution >= 4 is 29.1 Å². The molecule has 3 rings (SSSR count). The van der Waals surface area contributed by atoms with Crippen molar-refractivity contribution in [3.05, 3.63) is 82.5 Å². The van der Waals surface area contributed by atoms with Crippen LogP contribution in [0.2, 0.25) is 0 Å². The summed E-state index contributed by atoms with van der Waals surface area (Å²) in [7, 11) is 1.59. The lowest BCUT2D eigenvalue weighted by Crippen LogP contribution is -2.11. The molecule has 1 N–H and O–H groups in total. The van der Waals surface area contributed by atoms with Gasteiger partial charge in [-0.3, -0.25) is 9.59 Å². The molecule has 0 aliphatic carbocycles. The second-order valence-corrected chi connectivity index (χ2v) is 7.77. The van der Waals surface area contributed by atoms with E-state index in [0.717, 1.165) is 11.3 Å². The van der Waals surface area contributed by atoms with Crippen molar-refractivity contribution in [2.45, 2.75) is 24.6 Å². The van der Waals surface area contributed by atoms with Crippen LogP contribution < -0.4 is 10.1 Å². The number of benzene rings is 2. The minimum atomic E-state index is -0.201. The highest BCUT2D eigenvalue weighted by Crippen LogP contribution is 2.26. The van der Waals surface area contributed by atoms with E-state index in [0.29, 0.717) is 38.9 Å². The number of methoxy groups -OCH3 is 1. The van der Waals surface area contributed by atoms with Gasteiger partial charge in [0, 0.05) is 28.3 Å². The van der Waals surface area contributed by atoms with E-state index in [9.17, 15) is 14.9 Å². The molecule has 0 bridgehead atoms. The molecular weight excluding hydrogens is 410 g/mol. The van der Waals surface area contributed by atoms with E-state index in [1.54, 1.807) is 56.5 Å². The number of anilines is 1. The minimum Gasteiger partial charge on any atom is -0.497 e. The van der Waals surface area contributed by atoms with Crippen LogP contribution in [0.1, 0.15) is 44.5 Å². The van der Waals surface area contributed by atoms with Gasteiger partial charge < -0.3 is 10.1 Å². The number of hydrogen-bond donors (Lipinski definition) is 1. The van der Waals surface area contributed by atoms with Gasteiger partial charge in [0.1, 0.15) is 16.8 Å². The first-order valence-corrected chi connectivity index (χ1v) is 10.5. The third-order valence-electron chi connectivity index (χ3n) is 4.62. The number of ether oxygens (including phenoxy) is 1. The largest absolute Gasteiger partial charge is 0.497 e. The van der Waals surface area contributed by atoms with Gasteiger partial charge in [-0.25, -0.2) is 4.98 Å². The Labute approximate surface area is 185 Å². The maximum Gasteiger partial charge on any atom is 0.255 e. The number of thioether (sulfide) groups is 1. The molecule has 0 unspecified atom stereocenters. The first-order chi connectivity index (χ1) is 14.9. The zero-order valence-corrected chi connectivity index (χ0v) is 18.2. The Kier molecular flexibility index (Phi) is 7.06. The van der Waals surface area contributed by atoms with Crippen molar-refractivity contribution in [3.8, 4) is 11.8 Å². The van der Waals surface area contributed by atoms with Gasteiger partial charge in [0.15, 0.2) is 5.78 Å². The van der Waals surface area contributed by atoms with E-state index >= 15 is 0 Å². The number of ketones is 1. The number of carbonyl (C=O) groups excluding carboxylic acids is 2. The summed E-state index contributed by atoms with van der Waals surface area (Å²) in [6.07, 6.45) is 0. The number of hydrogen-bond acceptors (Lipinski definition) is 6. The van der Waals surface area contributed by atoms with Crippen molar-refractivity contribution in [3.63, 3.8) is 0 Å². The van der Waals surface area contributed by atoms with Crippen molar-refractivity contribution in [1.82, 2.24) is 4.98 Å². The van der Waals surface area contributed by atoms with Crippen molar-refractivity contribution < 1.29 is 14.3 Å². The lowest BCUT2D eigenvalue weighted by Gasteiger charge is -2.09. The number of nitrogens with zero attached hydrogens (tertiary/aromatic N) is 2. The Bertz CT molecular complexity index is 1150. The number of amides is 1. The number of aromatic nitrogens is 1. The van der Waals surface area contributed by atoms with Gasteiger partial charge in [0.05, 0.1) is 12.7 Å². The Balaban J connectivity index is 1.65. The standard InChI is InChI=1S/C24H21N3O3S/c1-15-22(16(2)28)12-19(13-25)24(26-15)31-14-17-4-6-18(7-5-17)23(29)27-20-8-10-21(30-3)11-9-20/h4-12H,14H2,1-3H3,(H,27,29). The second kappa shape index (κ2) is 9.92. The van der Waals surface area contributed by atoms with Crippen LogP contribution in [0.15, 0.2) is 59.6 Å². The molecule has 3 aromatic rings. The summed E-state index contributed by atoms with van der Waals surface area (Å²) in [5, 5.41) is 12.8. The summed E-state index contributed by atoms with van der Waals surface area (Å²) in [6, 6.07) is 18.1. The number of nitrogens with one attached hydrogen (secondary N) is 1. The normalized spacial score (nSPS) is 10.3. The zero-order valence-electron chi connectivity index (χ0n) is 17.4. The molecule has 31 heavy (non-hydrogen) atoms. The lowest BCUT2D eigenvalue weighted by atomic mass is 10.1. The van der Waals surface area contributed by atoms with E-state index in [4.69, 9.17) is 4.74 Å². The van der Waals surface area contributed by atoms with Gasteiger partial charge in [0.25, 0.3) is 5.91 Å². The summed E-state index contributed by atoms with van der Waals surface area (Å²) in [5.74, 6) is 0.996.